The van der Waals surface area contributed by atoms with Gasteiger partial charge in [0.1, 0.15) is 18.9 Å². The van der Waals surface area contributed by atoms with Crippen molar-refractivity contribution < 1.29 is 57.4 Å². The molecule has 356 valence electrons. The molecule has 2 aromatic carbocycles. The van der Waals surface area contributed by atoms with E-state index in [-0.39, 0.29) is 48.9 Å². The molecule has 0 bridgehead atoms. The third kappa shape index (κ3) is 14.8. The Hall–Kier alpha value is -4.48. The fourth-order valence-corrected chi connectivity index (χ4v) is 9.19. The maximum Gasteiger partial charge on any atom is 0.315 e. The summed E-state index contributed by atoms with van der Waals surface area (Å²) in [4.78, 5) is 49.5. The van der Waals surface area contributed by atoms with Gasteiger partial charge in [-0.1, -0.05) is 37.8 Å². The Morgan fingerprint density at radius 3 is 1.58 bits per heavy atom. The first-order valence-electron chi connectivity index (χ1n) is 23.0. The number of aliphatic hydroxyl groups excluding tert-OH is 1. The first-order valence-corrected chi connectivity index (χ1v) is 23.0. The lowest BCUT2D eigenvalue weighted by Crippen LogP contribution is -2.46. The van der Waals surface area contributed by atoms with Crippen LogP contribution in [0.5, 0.6) is 23.0 Å². The topological polar surface area (TPSA) is 175 Å². The smallest absolute Gasteiger partial charge is 0.315 e. The first kappa shape index (κ1) is 50.5. The summed E-state index contributed by atoms with van der Waals surface area (Å²) in [6.07, 6.45) is 12.8. The quantitative estimate of drug-likeness (QED) is 0.130. The summed E-state index contributed by atoms with van der Waals surface area (Å²) in [5.41, 5.74) is 2.35. The number of esters is 1. The average molecular weight is 897 g/mol. The Morgan fingerprint density at radius 1 is 0.672 bits per heavy atom. The number of ether oxygens (including phenoxy) is 7. The number of rotatable bonds is 17. The van der Waals surface area contributed by atoms with Crippen LogP contribution in [0.25, 0.3) is 0 Å². The van der Waals surface area contributed by atoms with Crippen molar-refractivity contribution in [3.63, 3.8) is 0 Å². The number of carbonyl (C=O) groups is 4. The number of amides is 3. The fraction of sp³-hybridized carbons (Fsp3) is 0.667. The molecular formula is C48H72N4O12. The number of β-amino-alcohol motifs (C(OH)–C–C–N with tert-alkyl or cyclic N) is 1. The van der Waals surface area contributed by atoms with E-state index in [1.165, 1.54) is 51.8 Å². The van der Waals surface area contributed by atoms with Crippen molar-refractivity contribution in [1.82, 2.24) is 20.0 Å². The van der Waals surface area contributed by atoms with Crippen LogP contribution in [0, 0.1) is 0 Å². The monoisotopic (exact) mass is 897 g/mol. The minimum Gasteiger partial charge on any atom is -0.493 e. The van der Waals surface area contributed by atoms with E-state index in [2.05, 4.69) is 21.2 Å². The molecule has 3 saturated heterocycles. The highest BCUT2D eigenvalue weighted by Gasteiger charge is 2.37. The van der Waals surface area contributed by atoms with E-state index in [1.54, 1.807) is 28.4 Å². The van der Waals surface area contributed by atoms with Crippen LogP contribution in [-0.4, -0.2) is 162 Å². The Morgan fingerprint density at radius 2 is 1.16 bits per heavy atom. The van der Waals surface area contributed by atoms with Gasteiger partial charge in [-0.05, 0) is 86.8 Å². The summed E-state index contributed by atoms with van der Waals surface area (Å²) in [5.74, 6) is 2.05. The molecule has 2 aliphatic carbocycles. The van der Waals surface area contributed by atoms with Crippen molar-refractivity contribution >= 4 is 23.7 Å². The lowest BCUT2D eigenvalue weighted by Gasteiger charge is -2.37. The maximum absolute atomic E-state index is 11.9. The Labute approximate surface area is 379 Å². The van der Waals surface area contributed by atoms with Gasteiger partial charge >= 0.3 is 5.97 Å². The molecule has 16 nitrogen and oxygen atoms in total. The zero-order valence-corrected chi connectivity index (χ0v) is 38.8. The molecule has 5 aliphatic rings. The Kier molecular flexibility index (Phi) is 20.4. The second kappa shape index (κ2) is 25.9. The van der Waals surface area contributed by atoms with E-state index in [9.17, 15) is 24.3 Å². The van der Waals surface area contributed by atoms with E-state index >= 15 is 0 Å². The van der Waals surface area contributed by atoms with Crippen molar-refractivity contribution in [2.75, 3.05) is 81.9 Å². The number of imide groups is 1. The average Bonchev–Trinajstić information content (AvgIpc) is 3.98. The molecule has 3 amide bonds. The summed E-state index contributed by atoms with van der Waals surface area (Å²) in [7, 11) is 9.59. The van der Waals surface area contributed by atoms with Gasteiger partial charge in [0.05, 0.1) is 60.0 Å². The largest absolute Gasteiger partial charge is 0.493 e. The van der Waals surface area contributed by atoms with Crippen molar-refractivity contribution in [1.29, 1.82) is 0 Å². The van der Waals surface area contributed by atoms with Gasteiger partial charge in [-0.2, -0.15) is 0 Å². The number of methoxy groups -OCH3 is 4. The van der Waals surface area contributed by atoms with Gasteiger partial charge < -0.3 is 43.6 Å². The van der Waals surface area contributed by atoms with E-state index in [1.807, 2.05) is 30.3 Å². The standard InChI is InChI=1S/C24H36N2O6.C20H31NO4.C4H5NO2/c1-25-23(27)15-24(28)32-18-10-12-26(16-18)19-6-4-5-7-20(19)31-13-11-17-8-9-21(29-2)22(14-17)30-3;1-23-19-8-7-15(13-20(19)24-2)10-12-25-18-6-4-3-5-17(18)21-11-9-16(22)14-21;1-5-3(6)2-4(5)7/h8-9,14,18-20H,4-7,10-13,15-16H2,1-3H3,(H,25,27);7-8,13,16-18,22H,3-6,9-12,14H2,1-2H3;2H2,1H3/t18-,19-,20-;16-,17-,18-;/m11./s1. The lowest BCUT2D eigenvalue weighted by molar-refractivity contribution is -0.156. The molecule has 0 spiro atoms. The minimum atomic E-state index is -0.456. The van der Waals surface area contributed by atoms with Crippen LogP contribution in [0.2, 0.25) is 0 Å². The van der Waals surface area contributed by atoms with E-state index in [0.717, 1.165) is 98.0 Å². The molecule has 3 aliphatic heterocycles. The van der Waals surface area contributed by atoms with Crippen LogP contribution < -0.4 is 24.3 Å². The van der Waals surface area contributed by atoms with E-state index in [0.29, 0.717) is 37.9 Å². The van der Waals surface area contributed by atoms with Crippen molar-refractivity contribution in [2.24, 2.45) is 0 Å². The first-order chi connectivity index (χ1) is 31.0. The van der Waals surface area contributed by atoms with Crippen molar-refractivity contribution in [3.05, 3.63) is 47.5 Å². The van der Waals surface area contributed by atoms with Gasteiger partial charge in [-0.3, -0.25) is 33.9 Å². The SMILES string of the molecule is CN1C(=O)CC1=O.CNC(=O)CC(=O)O[C@@H]1CCN([C@@H]2CCCC[C@H]2OCCc2ccc(OC)c(OC)c2)C1.COc1ccc(CCO[C@@H]2CCCC[C@H]2N2CC[C@@H](O)C2)cc1OC. The number of likely N-dealkylation sites (tertiary alicyclic amines) is 3. The lowest BCUT2D eigenvalue weighted by atomic mass is 9.91. The van der Waals surface area contributed by atoms with Crippen LogP contribution in [0.1, 0.15) is 88.2 Å². The third-order valence-electron chi connectivity index (χ3n) is 12.9. The van der Waals surface area contributed by atoms with Crippen LogP contribution in [0.15, 0.2) is 36.4 Å². The molecule has 2 N–H and O–H groups in total. The number of hydrogen-bond donors (Lipinski definition) is 2. The van der Waals surface area contributed by atoms with Gasteiger partial charge in [0.2, 0.25) is 17.7 Å². The molecule has 2 saturated carbocycles. The summed E-state index contributed by atoms with van der Waals surface area (Å²) in [6, 6.07) is 12.8. The van der Waals surface area contributed by atoms with Crippen LogP contribution in [-0.2, 0) is 46.2 Å². The molecule has 16 heteroatoms. The molecular weight excluding hydrogens is 825 g/mol. The van der Waals surface area contributed by atoms with Crippen LogP contribution in [0.3, 0.4) is 0 Å². The predicted octanol–water partition coefficient (Wildman–Crippen LogP) is 4.34. The summed E-state index contributed by atoms with van der Waals surface area (Å²) in [6.45, 7) is 4.77. The summed E-state index contributed by atoms with van der Waals surface area (Å²) in [5, 5.41) is 12.3. The molecule has 3 heterocycles. The second-order valence-electron chi connectivity index (χ2n) is 17.1. The number of carbonyl (C=O) groups excluding carboxylic acids is 4. The van der Waals surface area contributed by atoms with Crippen molar-refractivity contribution in [3.8, 4) is 23.0 Å². The number of nitrogens with one attached hydrogen (secondary N) is 1. The second-order valence-corrected chi connectivity index (χ2v) is 17.1. The van der Waals surface area contributed by atoms with Crippen molar-refractivity contribution in [2.45, 2.75) is 126 Å². The number of nitrogens with zero attached hydrogens (tertiary/aromatic N) is 3. The van der Waals surface area contributed by atoms with Gasteiger partial charge in [0, 0.05) is 52.4 Å². The fourth-order valence-electron chi connectivity index (χ4n) is 9.19. The third-order valence-corrected chi connectivity index (χ3v) is 12.9. The summed E-state index contributed by atoms with van der Waals surface area (Å²) < 4.78 is 39.5. The predicted molar refractivity (Wildman–Crippen MR) is 240 cm³/mol. The number of β-lactam (4-membered cyclic amide) rings is 2. The van der Waals surface area contributed by atoms with Crippen LogP contribution >= 0.6 is 0 Å². The number of hydrogen-bond acceptors (Lipinski definition) is 14. The van der Waals surface area contributed by atoms with Gasteiger partial charge in [-0.25, -0.2) is 0 Å². The highest BCUT2D eigenvalue weighted by atomic mass is 16.5. The Balaban J connectivity index is 0.000000213. The maximum atomic E-state index is 11.9. The highest BCUT2D eigenvalue weighted by Crippen LogP contribution is 2.32. The molecule has 5 fully saturated rings. The van der Waals surface area contributed by atoms with E-state index in [4.69, 9.17) is 33.2 Å². The number of aliphatic hydroxyl groups is 1. The molecule has 0 aromatic heterocycles. The van der Waals surface area contributed by atoms with Gasteiger partial charge in [0.25, 0.3) is 0 Å². The van der Waals surface area contributed by atoms with E-state index < -0.39 is 5.97 Å². The normalized spacial score (nSPS) is 24.6. The number of benzene rings is 2. The van der Waals surface area contributed by atoms with Crippen LogP contribution in [0.4, 0.5) is 0 Å². The Bertz CT molecular complexity index is 1800. The van der Waals surface area contributed by atoms with Gasteiger partial charge in [-0.15, -0.1) is 0 Å². The van der Waals surface area contributed by atoms with Gasteiger partial charge in [0.15, 0.2) is 23.0 Å². The molecule has 2 aromatic rings. The zero-order chi connectivity index (χ0) is 46.0. The molecule has 0 radical (unpaired) electrons. The minimum absolute atomic E-state index is 0.0787. The highest BCUT2D eigenvalue weighted by molar-refractivity contribution is 6.14. The molecule has 6 atom stereocenters. The zero-order valence-electron chi connectivity index (χ0n) is 38.8. The molecule has 64 heavy (non-hydrogen) atoms. The molecule has 0 unspecified atom stereocenters. The summed E-state index contributed by atoms with van der Waals surface area (Å²) >= 11 is 0. The molecule has 7 rings (SSSR count).